The highest BCUT2D eigenvalue weighted by atomic mass is 16.5. The number of hydrogen-bond donors (Lipinski definition) is 0. The molecule has 3 fully saturated rings. The van der Waals surface area contributed by atoms with E-state index in [1.807, 2.05) is 0 Å². The normalized spacial score (nSPS) is 29.2. The van der Waals surface area contributed by atoms with Gasteiger partial charge in [0, 0.05) is 26.1 Å². The summed E-state index contributed by atoms with van der Waals surface area (Å²) in [5.74, 6) is -0.789. The molecule has 1 aromatic rings. The van der Waals surface area contributed by atoms with Crippen LogP contribution in [-0.4, -0.2) is 60.5 Å². The third-order valence-corrected chi connectivity index (χ3v) is 5.62. The lowest BCUT2D eigenvalue weighted by atomic mass is 9.81. The summed E-state index contributed by atoms with van der Waals surface area (Å²) < 4.78 is 10.7. The van der Waals surface area contributed by atoms with Gasteiger partial charge in [-0.2, -0.15) is 0 Å². The van der Waals surface area contributed by atoms with Gasteiger partial charge in [0.2, 0.25) is 23.6 Å². The lowest BCUT2D eigenvalue weighted by Gasteiger charge is -2.20. The molecular formula is C18H21N3O5. The summed E-state index contributed by atoms with van der Waals surface area (Å²) in [6, 6.07) is 3.40. The van der Waals surface area contributed by atoms with Crippen LogP contribution in [0.2, 0.25) is 0 Å². The molecule has 0 spiro atoms. The average Bonchev–Trinajstić information content (AvgIpc) is 3.34. The molecule has 8 nitrogen and oxygen atoms in total. The number of ether oxygens (including phenoxy) is 2. The zero-order chi connectivity index (χ0) is 18.4. The zero-order valence-electron chi connectivity index (χ0n) is 14.8. The minimum Gasteiger partial charge on any atom is -0.481 e. The van der Waals surface area contributed by atoms with Crippen LogP contribution < -0.4 is 9.64 Å². The number of amides is 3. The van der Waals surface area contributed by atoms with E-state index in [0.717, 1.165) is 12.8 Å². The summed E-state index contributed by atoms with van der Waals surface area (Å²) in [5.41, 5.74) is 0.623. The predicted molar refractivity (Wildman–Crippen MR) is 90.4 cm³/mol. The first-order chi connectivity index (χ1) is 12.5. The molecule has 1 aromatic heterocycles. The molecule has 4 rings (SSSR count). The molecule has 0 aliphatic carbocycles. The van der Waals surface area contributed by atoms with Crippen molar-refractivity contribution in [3.63, 3.8) is 0 Å². The summed E-state index contributed by atoms with van der Waals surface area (Å²) in [5, 5.41) is 0. The Morgan fingerprint density at radius 2 is 1.92 bits per heavy atom. The monoisotopic (exact) mass is 359 g/mol. The zero-order valence-corrected chi connectivity index (χ0v) is 14.8. The first-order valence-electron chi connectivity index (χ1n) is 8.78. The van der Waals surface area contributed by atoms with E-state index < -0.39 is 0 Å². The van der Waals surface area contributed by atoms with Crippen molar-refractivity contribution in [3.05, 3.63) is 18.3 Å². The number of nitrogens with zero attached hydrogens (tertiary/aromatic N) is 3. The van der Waals surface area contributed by atoms with E-state index in [2.05, 4.69) is 4.98 Å². The molecule has 0 N–H and O–H groups in total. The van der Waals surface area contributed by atoms with Gasteiger partial charge in [0.05, 0.1) is 43.0 Å². The van der Waals surface area contributed by atoms with Gasteiger partial charge in [-0.05, 0) is 18.9 Å². The van der Waals surface area contributed by atoms with Gasteiger partial charge in [-0.1, -0.05) is 0 Å². The topological polar surface area (TPSA) is 89.0 Å². The van der Waals surface area contributed by atoms with Gasteiger partial charge < -0.3 is 14.4 Å². The first-order valence-corrected chi connectivity index (χ1v) is 8.78. The standard InChI is InChI=1S/C18H21N3O5/c1-20(10-3-6-13(25-2)19-9-10)14(22)7-8-21-17(23)15-11-4-5-12(26-11)16(15)18(21)24/h3,6,9,11-12,15-16H,4-5,7-8H2,1-2H3. The quantitative estimate of drug-likeness (QED) is 0.716. The van der Waals surface area contributed by atoms with Crippen molar-refractivity contribution >= 4 is 23.4 Å². The summed E-state index contributed by atoms with van der Waals surface area (Å²) in [6.45, 7) is 0.108. The Bertz CT molecular complexity index is 722. The van der Waals surface area contributed by atoms with Gasteiger partial charge in [-0.15, -0.1) is 0 Å². The number of imide groups is 1. The van der Waals surface area contributed by atoms with Crippen LogP contribution in [0.4, 0.5) is 5.69 Å². The van der Waals surface area contributed by atoms with Crippen molar-refractivity contribution < 1.29 is 23.9 Å². The van der Waals surface area contributed by atoms with Crippen molar-refractivity contribution in [1.29, 1.82) is 0 Å². The Morgan fingerprint density at radius 3 is 2.46 bits per heavy atom. The fraction of sp³-hybridized carbons (Fsp3) is 0.556. The van der Waals surface area contributed by atoms with Crippen molar-refractivity contribution in [2.24, 2.45) is 11.8 Å². The molecule has 8 heteroatoms. The van der Waals surface area contributed by atoms with Gasteiger partial charge in [0.25, 0.3) is 0 Å². The smallest absolute Gasteiger partial charge is 0.235 e. The van der Waals surface area contributed by atoms with Crippen molar-refractivity contribution in [3.8, 4) is 5.88 Å². The molecule has 0 radical (unpaired) electrons. The van der Waals surface area contributed by atoms with E-state index in [9.17, 15) is 14.4 Å². The van der Waals surface area contributed by atoms with Gasteiger partial charge in [-0.25, -0.2) is 4.98 Å². The summed E-state index contributed by atoms with van der Waals surface area (Å²) >= 11 is 0. The minimum absolute atomic E-state index is 0.0790. The number of fused-ring (bicyclic) bond motifs is 5. The third-order valence-electron chi connectivity index (χ3n) is 5.62. The number of carbonyl (C=O) groups excluding carboxylic acids is 3. The number of aromatic nitrogens is 1. The number of anilines is 1. The lowest BCUT2D eigenvalue weighted by Crippen LogP contribution is -2.38. The molecule has 3 amide bonds. The van der Waals surface area contributed by atoms with Crippen molar-refractivity contribution in [2.75, 3.05) is 25.6 Å². The average molecular weight is 359 g/mol. The number of methoxy groups -OCH3 is 1. The Hall–Kier alpha value is -2.48. The highest BCUT2D eigenvalue weighted by Gasteiger charge is 2.62. The van der Waals surface area contributed by atoms with Crippen LogP contribution in [0.1, 0.15) is 19.3 Å². The maximum Gasteiger partial charge on any atom is 0.235 e. The Kier molecular flexibility index (Phi) is 4.14. The number of rotatable bonds is 5. The molecule has 26 heavy (non-hydrogen) atoms. The van der Waals surface area contributed by atoms with E-state index in [1.165, 1.54) is 16.9 Å². The van der Waals surface area contributed by atoms with E-state index in [1.54, 1.807) is 25.4 Å². The van der Waals surface area contributed by atoms with E-state index in [0.29, 0.717) is 11.6 Å². The molecule has 138 valence electrons. The van der Waals surface area contributed by atoms with Crippen molar-refractivity contribution in [1.82, 2.24) is 9.88 Å². The maximum atomic E-state index is 12.6. The fourth-order valence-electron chi connectivity index (χ4n) is 4.20. The van der Waals surface area contributed by atoms with Gasteiger partial charge in [0.1, 0.15) is 0 Å². The third kappa shape index (κ3) is 2.56. The molecule has 3 aliphatic heterocycles. The van der Waals surface area contributed by atoms with Crippen LogP contribution >= 0.6 is 0 Å². The Labute approximate surface area is 151 Å². The summed E-state index contributed by atoms with van der Waals surface area (Å²) in [6.07, 6.45) is 3.04. The van der Waals surface area contributed by atoms with Gasteiger partial charge in [-0.3, -0.25) is 19.3 Å². The molecule has 0 aromatic carbocycles. The van der Waals surface area contributed by atoms with Gasteiger partial charge in [0.15, 0.2) is 0 Å². The second-order valence-corrected chi connectivity index (χ2v) is 6.93. The number of likely N-dealkylation sites (tertiary alicyclic amines) is 1. The molecular weight excluding hydrogens is 338 g/mol. The molecule has 4 atom stereocenters. The van der Waals surface area contributed by atoms with Gasteiger partial charge >= 0.3 is 0 Å². The van der Waals surface area contributed by atoms with E-state index >= 15 is 0 Å². The number of pyridine rings is 1. The first kappa shape index (κ1) is 17.0. The van der Waals surface area contributed by atoms with Crippen LogP contribution in [0.3, 0.4) is 0 Å². The molecule has 3 saturated heterocycles. The van der Waals surface area contributed by atoms with Crippen LogP contribution in [0.5, 0.6) is 5.88 Å². The maximum absolute atomic E-state index is 12.6. The summed E-state index contributed by atoms with van der Waals surface area (Å²) in [7, 11) is 3.16. The van der Waals surface area contributed by atoms with Crippen LogP contribution in [0.25, 0.3) is 0 Å². The fourth-order valence-corrected chi connectivity index (χ4v) is 4.20. The molecule has 4 unspecified atom stereocenters. The molecule has 3 aliphatic rings. The van der Waals surface area contributed by atoms with Crippen molar-refractivity contribution in [2.45, 2.75) is 31.5 Å². The Balaban J connectivity index is 1.38. The highest BCUT2D eigenvalue weighted by Crippen LogP contribution is 2.48. The van der Waals surface area contributed by atoms with Crippen LogP contribution in [0.15, 0.2) is 18.3 Å². The summed E-state index contributed by atoms with van der Waals surface area (Å²) in [4.78, 5) is 44.4. The highest BCUT2D eigenvalue weighted by molar-refractivity contribution is 6.06. The second kappa shape index (κ2) is 6.35. The SMILES string of the molecule is COc1ccc(N(C)C(=O)CCN2C(=O)C3C4CCC(O4)C3C2=O)cn1. The van der Waals surface area contributed by atoms with Crippen LogP contribution in [-0.2, 0) is 19.1 Å². The predicted octanol–water partition coefficient (Wildman–Crippen LogP) is 0.605. The lowest BCUT2D eigenvalue weighted by molar-refractivity contribution is -0.142. The molecule has 4 heterocycles. The van der Waals surface area contributed by atoms with E-state index in [4.69, 9.17) is 9.47 Å². The molecule has 0 saturated carbocycles. The Morgan fingerprint density at radius 1 is 1.27 bits per heavy atom. The van der Waals surface area contributed by atoms with Crippen LogP contribution in [0, 0.1) is 11.8 Å². The molecule has 2 bridgehead atoms. The van der Waals surface area contributed by atoms with E-state index in [-0.39, 0.29) is 54.7 Å². The largest absolute Gasteiger partial charge is 0.481 e. The number of carbonyl (C=O) groups is 3. The second-order valence-electron chi connectivity index (χ2n) is 6.93. The minimum atomic E-state index is -0.347. The number of hydrogen-bond acceptors (Lipinski definition) is 6.